The van der Waals surface area contributed by atoms with E-state index < -0.39 is 5.60 Å². The van der Waals surface area contributed by atoms with Crippen molar-refractivity contribution in [2.45, 2.75) is 51.7 Å². The van der Waals surface area contributed by atoms with Crippen LogP contribution < -0.4 is 19.5 Å². The number of benzene rings is 2. The quantitative estimate of drug-likeness (QED) is 0.340. The molecule has 0 bridgehead atoms. The molecule has 0 saturated carbocycles. The molecule has 1 fully saturated rings. The first-order valence-corrected chi connectivity index (χ1v) is 13.4. The second-order valence-electron chi connectivity index (χ2n) is 10.8. The molecule has 1 aliphatic heterocycles. The van der Waals surface area contributed by atoms with E-state index in [9.17, 15) is 4.79 Å². The second kappa shape index (κ2) is 11.1. The molecule has 2 aromatic heterocycles. The average Bonchev–Trinajstić information content (AvgIpc) is 3.41. The first-order chi connectivity index (χ1) is 19.2. The molecular formula is C29H36N6O5. The Hall–Kier alpha value is -4.28. The summed E-state index contributed by atoms with van der Waals surface area (Å²) in [5, 5.41) is 9.14. The summed E-state index contributed by atoms with van der Waals surface area (Å²) >= 11 is 0. The smallest absolute Gasteiger partial charge is 0.410 e. The van der Waals surface area contributed by atoms with E-state index in [-0.39, 0.29) is 12.0 Å². The van der Waals surface area contributed by atoms with Gasteiger partial charge in [0, 0.05) is 42.6 Å². The van der Waals surface area contributed by atoms with E-state index in [1.165, 1.54) is 0 Å². The number of hydrogen-bond donors (Lipinski definition) is 1. The number of para-hydroxylation sites is 1. The highest BCUT2D eigenvalue weighted by Gasteiger charge is 2.31. The zero-order chi connectivity index (χ0) is 28.4. The molecule has 1 N–H and O–H groups in total. The summed E-state index contributed by atoms with van der Waals surface area (Å²) in [6.45, 7) is 7.19. The topological polar surface area (TPSA) is 112 Å². The Bertz CT molecular complexity index is 1530. The van der Waals surface area contributed by atoms with Crippen molar-refractivity contribution >= 4 is 28.6 Å². The number of piperidine rings is 1. The van der Waals surface area contributed by atoms with Crippen molar-refractivity contribution < 1.29 is 23.7 Å². The first kappa shape index (κ1) is 27.3. The molecule has 5 rings (SSSR count). The number of amides is 1. The number of likely N-dealkylation sites (tertiary alicyclic amines) is 1. The maximum Gasteiger partial charge on any atom is 0.410 e. The maximum atomic E-state index is 12.8. The van der Waals surface area contributed by atoms with Gasteiger partial charge in [-0.2, -0.15) is 4.52 Å². The van der Waals surface area contributed by atoms with E-state index in [0.29, 0.717) is 59.8 Å². The number of aromatic nitrogens is 4. The van der Waals surface area contributed by atoms with Crippen LogP contribution in [-0.2, 0) is 11.3 Å². The van der Waals surface area contributed by atoms with Crippen molar-refractivity contribution in [3.63, 3.8) is 0 Å². The van der Waals surface area contributed by atoms with Crippen molar-refractivity contribution in [3.05, 3.63) is 47.8 Å². The maximum absolute atomic E-state index is 12.8. The Balaban J connectivity index is 1.51. The fraction of sp³-hybridized carbons (Fsp3) is 0.448. The standard InChI is InChI=1S/C29H36N6O5/c1-29(2,3)40-28(36)34-14-8-9-19(17-34)25-32-26-21-10-7-11-22(38-5)24(21)31-27(35(26)33-25)30-16-18-12-13-20(37-4)15-23(18)39-6/h7,10-13,15,19H,8-9,14,16-17H2,1-6H3,(H,30,31). The molecule has 0 aliphatic carbocycles. The van der Waals surface area contributed by atoms with Gasteiger partial charge in [-0.3, -0.25) is 0 Å². The van der Waals surface area contributed by atoms with E-state index in [0.717, 1.165) is 23.8 Å². The molecule has 4 aromatic rings. The van der Waals surface area contributed by atoms with Crippen molar-refractivity contribution in [3.8, 4) is 17.2 Å². The summed E-state index contributed by atoms with van der Waals surface area (Å²) < 4.78 is 23.9. The Kier molecular flexibility index (Phi) is 7.55. The van der Waals surface area contributed by atoms with Crippen molar-refractivity contribution in [2.75, 3.05) is 39.7 Å². The Labute approximate surface area is 233 Å². The highest BCUT2D eigenvalue weighted by molar-refractivity contribution is 5.96. The molecule has 1 amide bonds. The number of fused-ring (bicyclic) bond motifs is 3. The summed E-state index contributed by atoms with van der Waals surface area (Å²) in [7, 11) is 4.87. The summed E-state index contributed by atoms with van der Waals surface area (Å²) in [5.74, 6) is 3.20. The molecule has 11 nitrogen and oxygen atoms in total. The molecule has 1 unspecified atom stereocenters. The average molecular weight is 549 g/mol. The van der Waals surface area contributed by atoms with Gasteiger partial charge < -0.3 is 29.2 Å². The van der Waals surface area contributed by atoms with Crippen LogP contribution in [0.5, 0.6) is 17.2 Å². The third-order valence-electron chi connectivity index (χ3n) is 6.87. The van der Waals surface area contributed by atoms with Gasteiger partial charge in [0.2, 0.25) is 5.95 Å². The van der Waals surface area contributed by atoms with E-state index in [4.69, 9.17) is 34.0 Å². The van der Waals surface area contributed by atoms with Crippen LogP contribution in [0.4, 0.5) is 10.7 Å². The minimum atomic E-state index is -0.553. The van der Waals surface area contributed by atoms with Crippen molar-refractivity contribution in [1.82, 2.24) is 24.5 Å². The lowest BCUT2D eigenvalue weighted by molar-refractivity contribution is 0.0196. The largest absolute Gasteiger partial charge is 0.497 e. The van der Waals surface area contributed by atoms with Crippen LogP contribution in [0.2, 0.25) is 0 Å². The molecule has 40 heavy (non-hydrogen) atoms. The Morgan fingerprint density at radius 2 is 1.85 bits per heavy atom. The Morgan fingerprint density at radius 3 is 2.58 bits per heavy atom. The van der Waals surface area contributed by atoms with E-state index >= 15 is 0 Å². The highest BCUT2D eigenvalue weighted by Crippen LogP contribution is 2.32. The SMILES string of the molecule is COc1ccc(CNc2nc3c(OC)cccc3c3nc(C4CCCN(C(=O)OC(C)(C)C)C4)nn23)c(OC)c1. The molecule has 0 spiro atoms. The first-order valence-electron chi connectivity index (χ1n) is 13.4. The van der Waals surface area contributed by atoms with Crippen LogP contribution in [0.25, 0.3) is 16.6 Å². The van der Waals surface area contributed by atoms with Gasteiger partial charge in [0.1, 0.15) is 28.4 Å². The fourth-order valence-electron chi connectivity index (χ4n) is 4.93. The Morgan fingerprint density at radius 1 is 1.05 bits per heavy atom. The molecule has 1 aliphatic rings. The van der Waals surface area contributed by atoms with Gasteiger partial charge in [0.15, 0.2) is 11.5 Å². The number of carbonyl (C=O) groups excluding carboxylic acids is 1. The molecule has 11 heteroatoms. The summed E-state index contributed by atoms with van der Waals surface area (Å²) in [4.78, 5) is 24.4. The normalized spacial score (nSPS) is 15.8. The van der Waals surface area contributed by atoms with Crippen LogP contribution in [0.1, 0.15) is 50.9 Å². The zero-order valence-electron chi connectivity index (χ0n) is 23.9. The van der Waals surface area contributed by atoms with Gasteiger partial charge in [0.25, 0.3) is 0 Å². The predicted molar refractivity (Wildman–Crippen MR) is 151 cm³/mol. The number of anilines is 1. The zero-order valence-corrected chi connectivity index (χ0v) is 23.9. The number of carbonyl (C=O) groups is 1. The van der Waals surface area contributed by atoms with E-state index in [1.54, 1.807) is 30.7 Å². The second-order valence-corrected chi connectivity index (χ2v) is 10.8. The van der Waals surface area contributed by atoms with Crippen LogP contribution in [0.3, 0.4) is 0 Å². The third-order valence-corrected chi connectivity index (χ3v) is 6.87. The number of methoxy groups -OCH3 is 3. The molecule has 3 heterocycles. The van der Waals surface area contributed by atoms with Crippen molar-refractivity contribution in [2.24, 2.45) is 0 Å². The van der Waals surface area contributed by atoms with Crippen LogP contribution in [0, 0.1) is 0 Å². The molecule has 1 atom stereocenters. The lowest BCUT2D eigenvalue weighted by atomic mass is 9.98. The van der Waals surface area contributed by atoms with Gasteiger partial charge >= 0.3 is 6.09 Å². The fourth-order valence-corrected chi connectivity index (χ4v) is 4.93. The van der Waals surface area contributed by atoms with Gasteiger partial charge in [-0.1, -0.05) is 6.07 Å². The summed E-state index contributed by atoms with van der Waals surface area (Å²) in [5.41, 5.74) is 1.72. The molecule has 0 radical (unpaired) electrons. The van der Waals surface area contributed by atoms with Gasteiger partial charge in [-0.05, 0) is 57.9 Å². The van der Waals surface area contributed by atoms with Gasteiger partial charge in [-0.25, -0.2) is 14.8 Å². The molecular weight excluding hydrogens is 512 g/mol. The van der Waals surface area contributed by atoms with Crippen molar-refractivity contribution in [1.29, 1.82) is 0 Å². The third kappa shape index (κ3) is 5.54. The lowest BCUT2D eigenvalue weighted by Gasteiger charge is -2.33. The van der Waals surface area contributed by atoms with Crippen LogP contribution in [0.15, 0.2) is 36.4 Å². The van der Waals surface area contributed by atoms with Gasteiger partial charge in [0.05, 0.1) is 21.3 Å². The molecule has 212 valence electrons. The predicted octanol–water partition coefficient (Wildman–Crippen LogP) is 5.03. The number of nitrogens with zero attached hydrogens (tertiary/aromatic N) is 5. The number of nitrogens with one attached hydrogen (secondary N) is 1. The van der Waals surface area contributed by atoms with E-state index in [2.05, 4.69) is 5.32 Å². The van der Waals surface area contributed by atoms with Crippen LogP contribution >= 0.6 is 0 Å². The molecule has 2 aromatic carbocycles. The lowest BCUT2D eigenvalue weighted by Crippen LogP contribution is -2.42. The van der Waals surface area contributed by atoms with E-state index in [1.807, 2.05) is 57.2 Å². The van der Waals surface area contributed by atoms with Gasteiger partial charge in [-0.15, -0.1) is 5.10 Å². The number of hydrogen-bond acceptors (Lipinski definition) is 9. The minimum absolute atomic E-state index is 0.0311. The number of ether oxygens (including phenoxy) is 4. The van der Waals surface area contributed by atoms with Crippen LogP contribution in [-0.4, -0.2) is 70.6 Å². The molecule has 1 saturated heterocycles. The monoisotopic (exact) mass is 548 g/mol. The number of rotatable bonds is 7. The summed E-state index contributed by atoms with van der Waals surface area (Å²) in [6, 6.07) is 11.4. The highest BCUT2D eigenvalue weighted by atomic mass is 16.6. The summed E-state index contributed by atoms with van der Waals surface area (Å²) in [6.07, 6.45) is 1.40. The minimum Gasteiger partial charge on any atom is -0.497 e.